The quantitative estimate of drug-likeness (QED) is 0.888. The summed E-state index contributed by atoms with van der Waals surface area (Å²) in [6.45, 7) is 4.52. The SMILES string of the molecule is CC(C)c1noc([C@@H]2CCCN2C(=O)c2nn(C)c(=O)[nH]2)n1. The molecule has 1 aliphatic heterocycles. The van der Waals surface area contributed by atoms with E-state index in [1.807, 2.05) is 13.8 Å². The minimum absolute atomic E-state index is 0.0306. The largest absolute Gasteiger partial charge is 0.343 e. The van der Waals surface area contributed by atoms with Crippen LogP contribution in [0.5, 0.6) is 0 Å². The molecule has 118 valence electrons. The molecule has 2 aromatic rings. The topological polar surface area (TPSA) is 110 Å². The van der Waals surface area contributed by atoms with Gasteiger partial charge >= 0.3 is 5.69 Å². The van der Waals surface area contributed by atoms with Crippen molar-refractivity contribution in [1.29, 1.82) is 0 Å². The standard InChI is InChI=1S/C13H18N6O3/c1-7(2)9-14-11(22-17-9)8-5-4-6-19(8)12(20)10-15-13(21)18(3)16-10/h7-8H,4-6H2,1-3H3,(H,15,16,21)/t8-/m0/s1. The lowest BCUT2D eigenvalue weighted by Crippen LogP contribution is -2.31. The summed E-state index contributed by atoms with van der Waals surface area (Å²) in [7, 11) is 1.49. The highest BCUT2D eigenvalue weighted by Crippen LogP contribution is 2.32. The summed E-state index contributed by atoms with van der Waals surface area (Å²) in [5.74, 6) is 0.927. The van der Waals surface area contributed by atoms with Crippen molar-refractivity contribution in [2.24, 2.45) is 7.05 Å². The Kier molecular flexibility index (Phi) is 3.55. The Morgan fingerprint density at radius 1 is 1.45 bits per heavy atom. The summed E-state index contributed by atoms with van der Waals surface area (Å²) in [4.78, 5) is 32.4. The molecule has 0 radical (unpaired) electrons. The van der Waals surface area contributed by atoms with Gasteiger partial charge in [0.15, 0.2) is 5.82 Å². The second-order valence-electron chi connectivity index (χ2n) is 5.70. The minimum atomic E-state index is -0.418. The van der Waals surface area contributed by atoms with Gasteiger partial charge in [-0.25, -0.2) is 9.48 Å². The van der Waals surface area contributed by atoms with Gasteiger partial charge in [0, 0.05) is 19.5 Å². The molecule has 3 rings (SSSR count). The fourth-order valence-corrected chi connectivity index (χ4v) is 2.52. The lowest BCUT2D eigenvalue weighted by molar-refractivity contribution is 0.0697. The van der Waals surface area contributed by atoms with E-state index in [4.69, 9.17) is 4.52 Å². The number of carbonyl (C=O) groups is 1. The van der Waals surface area contributed by atoms with Gasteiger partial charge in [0.05, 0.1) is 0 Å². The number of hydrogen-bond donors (Lipinski definition) is 1. The van der Waals surface area contributed by atoms with Crippen LogP contribution in [-0.2, 0) is 7.05 Å². The highest BCUT2D eigenvalue weighted by Gasteiger charge is 2.36. The van der Waals surface area contributed by atoms with Gasteiger partial charge in [-0.1, -0.05) is 19.0 Å². The van der Waals surface area contributed by atoms with Gasteiger partial charge < -0.3 is 9.42 Å². The first-order valence-corrected chi connectivity index (χ1v) is 7.25. The van der Waals surface area contributed by atoms with Crippen LogP contribution in [0.4, 0.5) is 0 Å². The van der Waals surface area contributed by atoms with Crippen molar-refractivity contribution in [3.63, 3.8) is 0 Å². The molecule has 1 atom stereocenters. The Bertz CT molecular complexity index is 743. The molecule has 1 aliphatic rings. The van der Waals surface area contributed by atoms with Crippen molar-refractivity contribution >= 4 is 5.91 Å². The molecule has 0 bridgehead atoms. The molecule has 9 nitrogen and oxygen atoms in total. The van der Waals surface area contributed by atoms with E-state index in [0.717, 1.165) is 17.5 Å². The van der Waals surface area contributed by atoms with E-state index in [2.05, 4.69) is 20.2 Å². The summed E-state index contributed by atoms with van der Waals surface area (Å²) in [5, 5.41) is 7.85. The highest BCUT2D eigenvalue weighted by molar-refractivity contribution is 5.90. The normalized spacial score (nSPS) is 18.4. The number of rotatable bonds is 3. The first kappa shape index (κ1) is 14.5. The van der Waals surface area contributed by atoms with Gasteiger partial charge in [-0.3, -0.25) is 9.78 Å². The minimum Gasteiger partial charge on any atom is -0.337 e. The van der Waals surface area contributed by atoms with Crippen molar-refractivity contribution in [1.82, 2.24) is 29.8 Å². The molecule has 22 heavy (non-hydrogen) atoms. The Labute approximate surface area is 126 Å². The Morgan fingerprint density at radius 2 is 2.23 bits per heavy atom. The van der Waals surface area contributed by atoms with E-state index < -0.39 is 5.69 Å². The molecule has 0 aromatic carbocycles. The summed E-state index contributed by atoms with van der Waals surface area (Å²) >= 11 is 0. The molecule has 1 fully saturated rings. The molecule has 0 spiro atoms. The van der Waals surface area contributed by atoms with Gasteiger partial charge in [0.25, 0.3) is 5.91 Å². The lowest BCUT2D eigenvalue weighted by Gasteiger charge is -2.20. The van der Waals surface area contributed by atoms with Gasteiger partial charge in [0.2, 0.25) is 11.7 Å². The van der Waals surface area contributed by atoms with Crippen molar-refractivity contribution in [3.8, 4) is 0 Å². The van der Waals surface area contributed by atoms with E-state index in [1.165, 1.54) is 7.05 Å². The summed E-state index contributed by atoms with van der Waals surface area (Å²) in [6.07, 6.45) is 1.59. The van der Waals surface area contributed by atoms with Crippen LogP contribution in [0.15, 0.2) is 9.32 Å². The molecule has 0 saturated carbocycles. The number of H-pyrrole nitrogens is 1. The fraction of sp³-hybridized carbons (Fsp3) is 0.615. The van der Waals surface area contributed by atoms with Crippen molar-refractivity contribution in [3.05, 3.63) is 28.0 Å². The zero-order valence-corrected chi connectivity index (χ0v) is 12.7. The maximum atomic E-state index is 12.5. The molecule has 9 heteroatoms. The first-order chi connectivity index (χ1) is 10.5. The summed E-state index contributed by atoms with van der Waals surface area (Å²) < 4.78 is 6.40. The molecule has 0 unspecified atom stereocenters. The Morgan fingerprint density at radius 3 is 2.82 bits per heavy atom. The first-order valence-electron chi connectivity index (χ1n) is 7.25. The van der Waals surface area contributed by atoms with Gasteiger partial charge in [-0.15, -0.1) is 5.10 Å². The third-order valence-corrected chi connectivity index (χ3v) is 3.74. The van der Waals surface area contributed by atoms with Crippen LogP contribution in [0.25, 0.3) is 0 Å². The number of aryl methyl sites for hydroxylation is 1. The maximum absolute atomic E-state index is 12.5. The summed E-state index contributed by atoms with van der Waals surface area (Å²) in [6, 6.07) is -0.266. The number of nitrogens with one attached hydrogen (secondary N) is 1. The molecule has 1 N–H and O–H groups in total. The van der Waals surface area contributed by atoms with Gasteiger partial charge in [-0.05, 0) is 12.8 Å². The third-order valence-electron chi connectivity index (χ3n) is 3.74. The van der Waals surface area contributed by atoms with Crippen LogP contribution in [0, 0.1) is 0 Å². The summed E-state index contributed by atoms with van der Waals surface area (Å²) in [5.41, 5.74) is -0.418. The lowest BCUT2D eigenvalue weighted by atomic mass is 10.2. The van der Waals surface area contributed by atoms with Crippen LogP contribution in [-0.4, -0.2) is 42.3 Å². The van der Waals surface area contributed by atoms with Crippen LogP contribution in [0.1, 0.15) is 61.0 Å². The number of likely N-dealkylation sites (tertiary alicyclic amines) is 1. The van der Waals surface area contributed by atoms with E-state index in [9.17, 15) is 9.59 Å². The molecule has 3 heterocycles. The molecular weight excluding hydrogens is 288 g/mol. The highest BCUT2D eigenvalue weighted by atomic mass is 16.5. The predicted octanol–water partition coefficient (Wildman–Crippen LogP) is 0.592. The number of nitrogens with zero attached hydrogens (tertiary/aromatic N) is 5. The van der Waals surface area contributed by atoms with Crippen LogP contribution >= 0.6 is 0 Å². The van der Waals surface area contributed by atoms with E-state index >= 15 is 0 Å². The van der Waals surface area contributed by atoms with Crippen LogP contribution in [0.2, 0.25) is 0 Å². The van der Waals surface area contributed by atoms with E-state index in [1.54, 1.807) is 4.90 Å². The Hall–Kier alpha value is -2.45. The van der Waals surface area contributed by atoms with Gasteiger partial charge in [-0.2, -0.15) is 4.98 Å². The number of hydrogen-bond acceptors (Lipinski definition) is 6. The number of aromatic nitrogens is 5. The number of carbonyl (C=O) groups excluding carboxylic acids is 1. The second kappa shape index (κ2) is 5.39. The molecule has 0 aliphatic carbocycles. The molecular formula is C13H18N6O3. The van der Waals surface area contributed by atoms with Gasteiger partial charge in [0.1, 0.15) is 6.04 Å². The van der Waals surface area contributed by atoms with Crippen LogP contribution in [0.3, 0.4) is 0 Å². The van der Waals surface area contributed by atoms with Crippen LogP contribution < -0.4 is 5.69 Å². The fourth-order valence-electron chi connectivity index (χ4n) is 2.52. The second-order valence-corrected chi connectivity index (χ2v) is 5.70. The average molecular weight is 306 g/mol. The zero-order chi connectivity index (χ0) is 15.9. The van der Waals surface area contributed by atoms with Crippen molar-refractivity contribution < 1.29 is 9.32 Å². The molecule has 1 saturated heterocycles. The smallest absolute Gasteiger partial charge is 0.337 e. The zero-order valence-electron chi connectivity index (χ0n) is 12.7. The average Bonchev–Trinajstić information content (AvgIpc) is 3.17. The Balaban J connectivity index is 1.86. The van der Waals surface area contributed by atoms with Crippen molar-refractivity contribution in [2.45, 2.75) is 38.6 Å². The predicted molar refractivity (Wildman–Crippen MR) is 75.2 cm³/mol. The molecule has 1 amide bonds. The monoisotopic (exact) mass is 306 g/mol. The van der Waals surface area contributed by atoms with Crippen molar-refractivity contribution in [2.75, 3.05) is 6.54 Å². The molecule has 2 aromatic heterocycles. The number of amides is 1. The van der Waals surface area contributed by atoms with E-state index in [-0.39, 0.29) is 23.7 Å². The number of aromatic amines is 1. The maximum Gasteiger partial charge on any atom is 0.343 e. The third kappa shape index (κ3) is 2.42. The van der Waals surface area contributed by atoms with E-state index in [0.29, 0.717) is 18.3 Å².